The first-order chi connectivity index (χ1) is 13.3. The number of benzene rings is 2. The van der Waals surface area contributed by atoms with Crippen molar-refractivity contribution < 1.29 is 9.85 Å². The van der Waals surface area contributed by atoms with Gasteiger partial charge in [-0.25, -0.2) is 4.79 Å². The summed E-state index contributed by atoms with van der Waals surface area (Å²) in [5.74, 6) is -0.0180. The third-order valence-electron chi connectivity index (χ3n) is 4.19. The third-order valence-corrected chi connectivity index (χ3v) is 4.19. The molecule has 0 saturated heterocycles. The lowest BCUT2D eigenvalue weighted by Gasteiger charge is -2.17. The van der Waals surface area contributed by atoms with Crippen molar-refractivity contribution in [2.75, 3.05) is 0 Å². The number of pyridine rings is 1. The van der Waals surface area contributed by atoms with E-state index in [0.717, 1.165) is 0 Å². The second kappa shape index (κ2) is 6.09. The predicted molar refractivity (Wildman–Crippen MR) is 97.9 cm³/mol. The number of hydrogen-bond acceptors (Lipinski definition) is 7. The molecule has 4 rings (SSSR count). The lowest BCUT2D eigenvalue weighted by molar-refractivity contribution is -0.385. The average molecular weight is 379 g/mol. The Bertz CT molecular complexity index is 1370. The second-order valence-electron chi connectivity index (χ2n) is 5.87. The van der Waals surface area contributed by atoms with Crippen LogP contribution in [-0.4, -0.2) is 24.4 Å². The summed E-state index contributed by atoms with van der Waals surface area (Å²) >= 11 is 0. The van der Waals surface area contributed by atoms with Crippen molar-refractivity contribution in [1.29, 1.82) is 0 Å². The Balaban J connectivity index is 2.19. The highest BCUT2D eigenvalue weighted by Crippen LogP contribution is 2.31. The zero-order chi connectivity index (χ0) is 20.0. The van der Waals surface area contributed by atoms with Gasteiger partial charge in [-0.1, -0.05) is 6.07 Å². The van der Waals surface area contributed by atoms with E-state index < -0.39 is 21.1 Å². The molecule has 0 bridgehead atoms. The van der Waals surface area contributed by atoms with Gasteiger partial charge in [-0.05, 0) is 18.2 Å². The first-order valence-electron chi connectivity index (χ1n) is 7.84. The summed E-state index contributed by atoms with van der Waals surface area (Å²) in [7, 11) is 0. The number of nitrogens with zero attached hydrogens (tertiary/aromatic N) is 4. The molecule has 2 aliphatic rings. The van der Waals surface area contributed by atoms with Crippen LogP contribution in [0.1, 0.15) is 0 Å². The lowest BCUT2D eigenvalue weighted by Crippen LogP contribution is -2.27. The molecule has 2 aliphatic heterocycles. The molecule has 0 radical (unpaired) electrons. The van der Waals surface area contributed by atoms with Gasteiger partial charge in [-0.15, -0.1) is 0 Å². The average Bonchev–Trinajstić information content (AvgIpc) is 2.66. The Morgan fingerprint density at radius 2 is 1.64 bits per heavy atom. The van der Waals surface area contributed by atoms with E-state index in [0.29, 0.717) is 10.9 Å². The van der Waals surface area contributed by atoms with Crippen molar-refractivity contribution in [3.63, 3.8) is 0 Å². The van der Waals surface area contributed by atoms with Crippen LogP contribution >= 0.6 is 0 Å². The van der Waals surface area contributed by atoms with Gasteiger partial charge in [0.25, 0.3) is 16.9 Å². The normalized spacial score (nSPS) is 11.0. The zero-order valence-corrected chi connectivity index (χ0v) is 13.9. The number of rotatable bonds is 3. The molecule has 11 heteroatoms. The number of aromatic nitrogens is 3. The number of nitro groups is 2. The molecule has 2 heterocycles. The predicted octanol–water partition coefficient (Wildman–Crippen LogP) is 2.00. The van der Waals surface area contributed by atoms with E-state index in [1.807, 2.05) is 4.98 Å². The number of H-pyrrole nitrogens is 1. The van der Waals surface area contributed by atoms with Crippen molar-refractivity contribution in [3.8, 4) is 17.1 Å². The highest BCUT2D eigenvalue weighted by molar-refractivity contribution is 5.89. The molecule has 0 unspecified atom stereocenters. The molecule has 138 valence electrons. The minimum atomic E-state index is -0.877. The van der Waals surface area contributed by atoms with Gasteiger partial charge >= 0.3 is 5.69 Å². The Morgan fingerprint density at radius 3 is 2.36 bits per heavy atom. The fourth-order valence-electron chi connectivity index (χ4n) is 3.00. The molecule has 2 aromatic rings. The van der Waals surface area contributed by atoms with Crippen LogP contribution in [0.25, 0.3) is 28.0 Å². The van der Waals surface area contributed by atoms with Crippen molar-refractivity contribution in [2.24, 2.45) is 0 Å². The lowest BCUT2D eigenvalue weighted by atomic mass is 10.1. The molecular weight excluding hydrogens is 370 g/mol. The van der Waals surface area contributed by atoms with Crippen LogP contribution in [-0.2, 0) is 0 Å². The largest absolute Gasteiger partial charge is 0.349 e. The monoisotopic (exact) mass is 379 g/mol. The van der Waals surface area contributed by atoms with Gasteiger partial charge in [-0.3, -0.25) is 34.6 Å². The van der Waals surface area contributed by atoms with Crippen LogP contribution in [0.4, 0.5) is 11.4 Å². The molecule has 0 saturated carbocycles. The molecule has 0 spiro atoms. The molecule has 0 atom stereocenters. The number of hydrogen-bond donors (Lipinski definition) is 1. The molecule has 0 fully saturated rings. The second-order valence-corrected chi connectivity index (χ2v) is 5.87. The van der Waals surface area contributed by atoms with Gasteiger partial charge < -0.3 is 0 Å². The Hall–Kier alpha value is -4.41. The fraction of sp³-hybridized carbons (Fsp3) is 0. The summed E-state index contributed by atoms with van der Waals surface area (Å²) in [5, 5.41) is 22.6. The molecular formula is C17H9N5O6. The standard InChI is InChI=1S/C17H9N5O6/c23-16-13-7-9-6-12(22(27)28)4-5-14(9)20(15(13)18-17(24)19-16)10-2-1-3-11(8-10)21(25)26/h1-8H,(H,19,23,24). The Labute approximate surface area is 154 Å². The van der Waals surface area contributed by atoms with Crippen LogP contribution in [0.2, 0.25) is 0 Å². The van der Waals surface area contributed by atoms with Crippen LogP contribution in [0, 0.1) is 20.2 Å². The smallest absolute Gasteiger partial charge is 0.293 e. The molecule has 0 aliphatic carbocycles. The number of nitrogens with one attached hydrogen (secondary N) is 1. The quantitative estimate of drug-likeness (QED) is 0.324. The maximum absolute atomic E-state index is 12.3. The van der Waals surface area contributed by atoms with E-state index in [-0.39, 0.29) is 28.5 Å². The van der Waals surface area contributed by atoms with Crippen LogP contribution in [0.3, 0.4) is 0 Å². The van der Waals surface area contributed by atoms with Crippen molar-refractivity contribution in [3.05, 3.63) is 89.6 Å². The maximum Gasteiger partial charge on any atom is 0.349 e. The van der Waals surface area contributed by atoms with E-state index in [9.17, 15) is 29.8 Å². The number of non-ortho nitro benzene ring substituents is 2. The molecule has 0 aromatic heterocycles. The summed E-state index contributed by atoms with van der Waals surface area (Å²) < 4.78 is 1.39. The molecule has 11 nitrogen and oxygen atoms in total. The number of aromatic amines is 1. The van der Waals surface area contributed by atoms with Crippen molar-refractivity contribution in [1.82, 2.24) is 14.5 Å². The van der Waals surface area contributed by atoms with Crippen molar-refractivity contribution in [2.45, 2.75) is 0 Å². The van der Waals surface area contributed by atoms with Crippen LogP contribution in [0.15, 0.2) is 58.1 Å². The summed E-state index contributed by atoms with van der Waals surface area (Å²) in [6.07, 6.45) is 0. The van der Waals surface area contributed by atoms with E-state index in [4.69, 9.17) is 0 Å². The summed E-state index contributed by atoms with van der Waals surface area (Å²) in [6.45, 7) is 0. The van der Waals surface area contributed by atoms with Gasteiger partial charge in [-0.2, -0.15) is 4.98 Å². The van der Waals surface area contributed by atoms with Crippen molar-refractivity contribution >= 4 is 22.3 Å². The summed E-state index contributed by atoms with van der Waals surface area (Å²) in [5.41, 5.74) is -1.32. The number of fused-ring (bicyclic) bond motifs is 2. The molecule has 2 aromatic carbocycles. The van der Waals surface area contributed by atoms with E-state index >= 15 is 0 Å². The van der Waals surface area contributed by atoms with Gasteiger partial charge in [0.1, 0.15) is 0 Å². The van der Waals surface area contributed by atoms with Gasteiger partial charge in [0.15, 0.2) is 5.82 Å². The van der Waals surface area contributed by atoms with Gasteiger partial charge in [0.2, 0.25) is 0 Å². The molecule has 28 heavy (non-hydrogen) atoms. The SMILES string of the molecule is O=c1nc2n(-c3cccc([N+](=O)[O-])c3)c3ccc([N+](=O)[O-])cc3cc-2c(=O)[nH]1. The molecule has 0 amide bonds. The summed E-state index contributed by atoms with van der Waals surface area (Å²) in [4.78, 5) is 51.0. The summed E-state index contributed by atoms with van der Waals surface area (Å²) in [6, 6.07) is 10.9. The molecule has 1 N–H and O–H groups in total. The van der Waals surface area contributed by atoms with E-state index in [2.05, 4.69) is 4.98 Å². The fourth-order valence-corrected chi connectivity index (χ4v) is 3.00. The zero-order valence-electron chi connectivity index (χ0n) is 13.9. The van der Waals surface area contributed by atoms with Crippen LogP contribution in [0.5, 0.6) is 0 Å². The van der Waals surface area contributed by atoms with E-state index in [1.54, 1.807) is 6.07 Å². The maximum atomic E-state index is 12.3. The topological polar surface area (TPSA) is 154 Å². The van der Waals surface area contributed by atoms with Crippen LogP contribution < -0.4 is 11.2 Å². The Morgan fingerprint density at radius 1 is 0.929 bits per heavy atom. The Kier molecular flexibility index (Phi) is 3.70. The minimum absolute atomic E-state index is 0.0131. The van der Waals surface area contributed by atoms with Gasteiger partial charge in [0, 0.05) is 29.7 Å². The minimum Gasteiger partial charge on any atom is -0.293 e. The highest BCUT2D eigenvalue weighted by Gasteiger charge is 2.20. The first-order valence-corrected chi connectivity index (χ1v) is 7.84. The first kappa shape index (κ1) is 17.0. The third kappa shape index (κ3) is 2.67. The van der Waals surface area contributed by atoms with Gasteiger partial charge in [0.05, 0.1) is 26.6 Å². The highest BCUT2D eigenvalue weighted by atomic mass is 16.6. The number of nitro benzene ring substituents is 2. The van der Waals surface area contributed by atoms with E-state index in [1.165, 1.54) is 47.0 Å².